The van der Waals surface area contributed by atoms with Gasteiger partial charge in [-0.2, -0.15) is 4.99 Å². The molecule has 0 aromatic rings. The molecule has 0 spiro atoms. The maximum absolute atomic E-state index is 4.37. The van der Waals surface area contributed by atoms with Crippen LogP contribution >= 0.6 is 12.2 Å². The van der Waals surface area contributed by atoms with Crippen LogP contribution in [0.1, 0.15) is 6.92 Å². The van der Waals surface area contributed by atoms with E-state index in [2.05, 4.69) is 35.5 Å². The Kier molecular flexibility index (Phi) is 4.38. The Hall–Kier alpha value is -0.980. The van der Waals surface area contributed by atoms with Crippen molar-refractivity contribution in [3.05, 3.63) is 36.6 Å². The average Bonchev–Trinajstić information content (AvgIpc) is 1.85. The highest BCUT2D eigenvalue weighted by atomic mass is 32.1. The molecule has 0 saturated carbocycles. The van der Waals surface area contributed by atoms with Crippen LogP contribution in [-0.4, -0.2) is 5.16 Å². The van der Waals surface area contributed by atoms with Gasteiger partial charge in [-0.25, -0.2) is 0 Å². The van der Waals surface area contributed by atoms with Crippen molar-refractivity contribution in [2.75, 3.05) is 0 Å². The lowest BCUT2D eigenvalue weighted by molar-refractivity contribution is 1.44. The highest BCUT2D eigenvalue weighted by molar-refractivity contribution is 7.78. The quantitative estimate of drug-likeness (QED) is 0.343. The summed E-state index contributed by atoms with van der Waals surface area (Å²) in [5.74, 6) is 0. The highest BCUT2D eigenvalue weighted by Crippen LogP contribution is 1.96. The first-order valence-electron chi connectivity index (χ1n) is 2.77. The number of thiocarbonyl (C=S) groups is 1. The van der Waals surface area contributed by atoms with Crippen LogP contribution in [0.4, 0.5) is 0 Å². The maximum atomic E-state index is 4.37. The monoisotopic (exact) mass is 151 g/mol. The summed E-state index contributed by atoms with van der Waals surface area (Å²) in [6, 6.07) is 0. The molecule has 52 valence electrons. The van der Waals surface area contributed by atoms with Gasteiger partial charge in [0.05, 0.1) is 10.9 Å². The number of aliphatic imine (C=N–C) groups is 1. The maximum Gasteiger partial charge on any atom is 0.0667 e. The molecule has 1 nitrogen and oxygen atoms in total. The van der Waals surface area contributed by atoms with E-state index in [0.717, 1.165) is 5.57 Å². The summed E-state index contributed by atoms with van der Waals surface area (Å²) in [7, 11) is 0. The molecule has 0 aliphatic heterocycles. The number of hydrogen-bond acceptors (Lipinski definition) is 2. The molecule has 0 atom stereocenters. The summed E-state index contributed by atoms with van der Waals surface area (Å²) in [6.45, 7) is 9.16. The van der Waals surface area contributed by atoms with Crippen molar-refractivity contribution in [2.24, 2.45) is 4.99 Å². The number of rotatable bonds is 3. The van der Waals surface area contributed by atoms with Crippen molar-refractivity contribution in [1.82, 2.24) is 0 Å². The summed E-state index contributed by atoms with van der Waals surface area (Å²) in [4.78, 5) is 3.64. The number of allylic oxidation sites excluding steroid dienone is 3. The molecule has 0 rings (SSSR count). The zero-order chi connectivity index (χ0) is 7.98. The van der Waals surface area contributed by atoms with Crippen LogP contribution in [0.5, 0.6) is 0 Å². The standard InChI is InChI=1S/C8H9NS/c1-7(2)4-5-8(3)9-6-10/h4-5H,1,3H2,2H3/b5-4-. The molecule has 0 fully saturated rings. The van der Waals surface area contributed by atoms with E-state index in [1.165, 1.54) is 0 Å². The van der Waals surface area contributed by atoms with Crippen LogP contribution in [0.15, 0.2) is 41.6 Å². The van der Waals surface area contributed by atoms with Gasteiger partial charge in [0.15, 0.2) is 0 Å². The number of nitrogens with zero attached hydrogens (tertiary/aromatic N) is 1. The Morgan fingerprint density at radius 3 is 2.50 bits per heavy atom. The van der Waals surface area contributed by atoms with Crippen molar-refractivity contribution in [3.63, 3.8) is 0 Å². The molecular formula is C8H9NS. The van der Waals surface area contributed by atoms with E-state index in [4.69, 9.17) is 0 Å². The minimum absolute atomic E-state index is 0.595. The Morgan fingerprint density at radius 1 is 1.50 bits per heavy atom. The van der Waals surface area contributed by atoms with Gasteiger partial charge in [0.2, 0.25) is 0 Å². The Morgan fingerprint density at radius 2 is 2.10 bits per heavy atom. The van der Waals surface area contributed by atoms with Gasteiger partial charge >= 0.3 is 0 Å². The van der Waals surface area contributed by atoms with Crippen molar-refractivity contribution in [2.45, 2.75) is 6.92 Å². The van der Waals surface area contributed by atoms with Gasteiger partial charge in [-0.05, 0) is 25.2 Å². The van der Waals surface area contributed by atoms with E-state index in [1.54, 1.807) is 6.08 Å². The minimum Gasteiger partial charge on any atom is -0.195 e. The lowest BCUT2D eigenvalue weighted by Crippen LogP contribution is -1.66. The summed E-state index contributed by atoms with van der Waals surface area (Å²) >= 11 is 4.37. The number of isothiocyanates is 1. The normalized spacial score (nSPS) is 8.90. The van der Waals surface area contributed by atoms with Crippen LogP contribution in [0.2, 0.25) is 0 Å². The SMILES string of the molecule is C=C(C)/C=C\C(=C)N=C=S. The first-order valence-corrected chi connectivity index (χ1v) is 3.18. The van der Waals surface area contributed by atoms with Gasteiger partial charge < -0.3 is 0 Å². The predicted molar refractivity (Wildman–Crippen MR) is 48.1 cm³/mol. The van der Waals surface area contributed by atoms with E-state index in [0.29, 0.717) is 5.70 Å². The minimum atomic E-state index is 0.595. The zero-order valence-corrected chi connectivity index (χ0v) is 6.74. The molecule has 0 amide bonds. The largest absolute Gasteiger partial charge is 0.195 e. The molecule has 0 N–H and O–H groups in total. The van der Waals surface area contributed by atoms with Crippen molar-refractivity contribution in [3.8, 4) is 0 Å². The molecule has 0 unspecified atom stereocenters. The summed E-state index contributed by atoms with van der Waals surface area (Å²) in [5, 5.41) is 2.22. The summed E-state index contributed by atoms with van der Waals surface area (Å²) in [6.07, 6.45) is 3.56. The lowest BCUT2D eigenvalue weighted by Gasteiger charge is -1.84. The molecule has 0 saturated heterocycles. The second kappa shape index (κ2) is 4.86. The molecular weight excluding hydrogens is 142 g/mol. The van der Waals surface area contributed by atoms with Crippen LogP contribution in [0.25, 0.3) is 0 Å². The van der Waals surface area contributed by atoms with Gasteiger partial charge in [-0.1, -0.05) is 24.8 Å². The second-order valence-electron chi connectivity index (χ2n) is 1.87. The topological polar surface area (TPSA) is 12.4 Å². The third kappa shape index (κ3) is 5.16. The van der Waals surface area contributed by atoms with Crippen LogP contribution < -0.4 is 0 Å². The van der Waals surface area contributed by atoms with Gasteiger partial charge in [0.1, 0.15) is 0 Å². The third-order valence-corrected chi connectivity index (χ3v) is 0.841. The second-order valence-corrected chi connectivity index (χ2v) is 2.06. The highest BCUT2D eigenvalue weighted by Gasteiger charge is 1.78. The third-order valence-electron chi connectivity index (χ3n) is 0.749. The first-order chi connectivity index (χ1) is 4.66. The first kappa shape index (κ1) is 9.02. The molecule has 10 heavy (non-hydrogen) atoms. The van der Waals surface area contributed by atoms with E-state index in [9.17, 15) is 0 Å². The molecule has 0 aliphatic rings. The smallest absolute Gasteiger partial charge is 0.0667 e. The van der Waals surface area contributed by atoms with Crippen LogP contribution in [0, 0.1) is 0 Å². The molecule has 0 aromatic carbocycles. The van der Waals surface area contributed by atoms with Gasteiger partial charge in [0.25, 0.3) is 0 Å². The van der Waals surface area contributed by atoms with E-state index in [1.807, 2.05) is 13.0 Å². The Bertz CT molecular complexity index is 219. The lowest BCUT2D eigenvalue weighted by atomic mass is 10.3. The van der Waals surface area contributed by atoms with Gasteiger partial charge in [-0.3, -0.25) is 0 Å². The molecule has 0 bridgehead atoms. The molecule has 0 heterocycles. The number of hydrogen-bond donors (Lipinski definition) is 0. The average molecular weight is 151 g/mol. The summed E-state index contributed by atoms with van der Waals surface area (Å²) < 4.78 is 0. The van der Waals surface area contributed by atoms with Gasteiger partial charge in [0, 0.05) is 0 Å². The van der Waals surface area contributed by atoms with Crippen LogP contribution in [-0.2, 0) is 0 Å². The summed E-state index contributed by atoms with van der Waals surface area (Å²) in [5.41, 5.74) is 1.55. The van der Waals surface area contributed by atoms with Gasteiger partial charge in [-0.15, -0.1) is 0 Å². The van der Waals surface area contributed by atoms with E-state index in [-0.39, 0.29) is 0 Å². The Labute approximate surface area is 66.5 Å². The van der Waals surface area contributed by atoms with E-state index >= 15 is 0 Å². The van der Waals surface area contributed by atoms with Crippen molar-refractivity contribution in [1.29, 1.82) is 0 Å². The molecule has 0 radical (unpaired) electrons. The fraction of sp³-hybridized carbons (Fsp3) is 0.125. The fourth-order valence-corrected chi connectivity index (χ4v) is 0.452. The van der Waals surface area contributed by atoms with E-state index < -0.39 is 0 Å². The van der Waals surface area contributed by atoms with Crippen molar-refractivity contribution < 1.29 is 0 Å². The predicted octanol–water partition coefficient (Wildman–Crippen LogP) is 2.74. The fourth-order valence-electron chi connectivity index (χ4n) is 0.334. The molecule has 0 aliphatic carbocycles. The van der Waals surface area contributed by atoms with Crippen LogP contribution in [0.3, 0.4) is 0 Å². The molecule has 2 heteroatoms. The van der Waals surface area contributed by atoms with Crippen molar-refractivity contribution >= 4 is 17.4 Å². The Balaban J connectivity index is 4.02. The molecule has 0 aromatic heterocycles. The zero-order valence-electron chi connectivity index (χ0n) is 5.92.